The summed E-state index contributed by atoms with van der Waals surface area (Å²) >= 11 is 7.05. The third-order valence-corrected chi connectivity index (χ3v) is 9.00. The van der Waals surface area contributed by atoms with Crippen molar-refractivity contribution in [3.8, 4) is 10.4 Å². The molecule has 1 N–H and O–H groups in total. The zero-order valence-electron chi connectivity index (χ0n) is 14.7. The third kappa shape index (κ3) is 3.48. The molecular weight excluding hydrogens is 416 g/mol. The van der Waals surface area contributed by atoms with Crippen LogP contribution in [0.15, 0.2) is 70.9 Å². The smallest absolute Gasteiger partial charge is 0.311 e. The Balaban J connectivity index is 1.60. The molecule has 0 bridgehead atoms. The first-order chi connectivity index (χ1) is 13.3. The molecule has 0 aliphatic heterocycles. The van der Waals surface area contributed by atoms with E-state index in [2.05, 4.69) is 0 Å². The molecule has 1 aliphatic carbocycles. The molecule has 0 radical (unpaired) electrons. The van der Waals surface area contributed by atoms with Crippen LogP contribution in [0, 0.1) is 5.41 Å². The lowest BCUT2D eigenvalue weighted by Gasteiger charge is -2.12. The lowest BCUT2D eigenvalue weighted by atomic mass is 10.0. The number of sulfone groups is 1. The first-order valence-electron chi connectivity index (χ1n) is 8.69. The summed E-state index contributed by atoms with van der Waals surface area (Å²) in [5.41, 5.74) is 0.482. The van der Waals surface area contributed by atoms with E-state index in [0.29, 0.717) is 11.4 Å². The zero-order valence-corrected chi connectivity index (χ0v) is 17.1. The van der Waals surface area contributed by atoms with Crippen LogP contribution >= 0.6 is 22.9 Å². The largest absolute Gasteiger partial charge is 0.481 e. The zero-order chi connectivity index (χ0) is 19.9. The molecule has 1 saturated carbocycles. The number of aliphatic carboxylic acids is 1. The van der Waals surface area contributed by atoms with Gasteiger partial charge in [-0.05, 0) is 41.8 Å². The van der Waals surface area contributed by atoms with E-state index in [1.807, 2.05) is 42.5 Å². The highest BCUT2D eigenvalue weighted by Gasteiger charge is 2.63. The van der Waals surface area contributed by atoms with Gasteiger partial charge in [0.1, 0.15) is 4.21 Å². The number of thiophene rings is 1. The van der Waals surface area contributed by atoms with Gasteiger partial charge in [0, 0.05) is 15.8 Å². The quantitative estimate of drug-likeness (QED) is 0.588. The highest BCUT2D eigenvalue weighted by Crippen LogP contribution is 2.60. The van der Waals surface area contributed by atoms with Crippen LogP contribution in [0.25, 0.3) is 10.4 Å². The number of rotatable bonds is 6. The fourth-order valence-electron chi connectivity index (χ4n) is 3.55. The second-order valence-electron chi connectivity index (χ2n) is 7.01. The first kappa shape index (κ1) is 19.2. The molecule has 4 nitrogen and oxygen atoms in total. The fourth-order valence-corrected chi connectivity index (χ4v) is 6.91. The Morgan fingerprint density at radius 1 is 1.07 bits per heavy atom. The van der Waals surface area contributed by atoms with Gasteiger partial charge in [0.15, 0.2) is 9.84 Å². The minimum absolute atomic E-state index is 0.191. The van der Waals surface area contributed by atoms with E-state index in [-0.39, 0.29) is 10.1 Å². The Kier molecular flexibility index (Phi) is 4.81. The Bertz CT molecular complexity index is 1120. The maximum absolute atomic E-state index is 13.0. The third-order valence-electron chi connectivity index (χ3n) is 5.17. The molecule has 0 amide bonds. The van der Waals surface area contributed by atoms with E-state index >= 15 is 0 Å². The van der Waals surface area contributed by atoms with Crippen LogP contribution in [-0.2, 0) is 14.6 Å². The van der Waals surface area contributed by atoms with Crippen molar-refractivity contribution in [3.63, 3.8) is 0 Å². The number of hydrogen-bond acceptors (Lipinski definition) is 4. The van der Waals surface area contributed by atoms with Crippen molar-refractivity contribution < 1.29 is 18.3 Å². The van der Waals surface area contributed by atoms with Gasteiger partial charge in [-0.1, -0.05) is 54.1 Å². The lowest BCUT2D eigenvalue weighted by Crippen LogP contribution is -2.26. The minimum Gasteiger partial charge on any atom is -0.481 e. The molecule has 4 rings (SSSR count). The average molecular weight is 433 g/mol. The van der Waals surface area contributed by atoms with Crippen LogP contribution in [0.2, 0.25) is 5.02 Å². The molecule has 2 aromatic carbocycles. The minimum atomic E-state index is -3.73. The highest BCUT2D eigenvalue weighted by molar-refractivity contribution is 7.93. The monoisotopic (exact) mass is 432 g/mol. The summed E-state index contributed by atoms with van der Waals surface area (Å²) in [7, 11) is -3.73. The molecule has 1 aliphatic rings. The summed E-state index contributed by atoms with van der Waals surface area (Å²) in [6.45, 7) is 0. The summed E-state index contributed by atoms with van der Waals surface area (Å²) in [6, 6.07) is 19.7. The molecule has 2 atom stereocenters. The van der Waals surface area contributed by atoms with Crippen molar-refractivity contribution in [1.82, 2.24) is 0 Å². The summed E-state index contributed by atoms with van der Waals surface area (Å²) in [6.07, 6.45) is 0.334. The van der Waals surface area contributed by atoms with Gasteiger partial charge in [-0.3, -0.25) is 4.79 Å². The van der Waals surface area contributed by atoms with Crippen LogP contribution in [0.3, 0.4) is 0 Å². The normalized spacial score (nSPS) is 21.4. The summed E-state index contributed by atoms with van der Waals surface area (Å²) in [5.74, 6) is -1.73. The van der Waals surface area contributed by atoms with E-state index in [0.717, 1.165) is 27.3 Å². The molecule has 0 unspecified atom stereocenters. The van der Waals surface area contributed by atoms with E-state index in [9.17, 15) is 18.3 Å². The van der Waals surface area contributed by atoms with Crippen molar-refractivity contribution in [2.24, 2.45) is 5.41 Å². The first-order valence-corrected chi connectivity index (χ1v) is 11.5. The highest BCUT2D eigenvalue weighted by atomic mass is 35.5. The van der Waals surface area contributed by atoms with E-state index < -0.39 is 27.0 Å². The second-order valence-corrected chi connectivity index (χ2v) is 10.7. The number of benzene rings is 2. The number of carboxylic acid groups (broad SMARTS) is 1. The van der Waals surface area contributed by atoms with Crippen LogP contribution in [0.4, 0.5) is 0 Å². The van der Waals surface area contributed by atoms with E-state index in [1.54, 1.807) is 24.3 Å². The molecular formula is C21H17ClO4S2. The number of carbonyl (C=O) groups is 1. The Hall–Kier alpha value is -2.15. The van der Waals surface area contributed by atoms with Gasteiger partial charge in [-0.15, -0.1) is 11.3 Å². The van der Waals surface area contributed by atoms with Gasteiger partial charge >= 0.3 is 5.97 Å². The van der Waals surface area contributed by atoms with Gasteiger partial charge in [0.2, 0.25) is 0 Å². The standard InChI is InChI=1S/C21H17ClO4S2/c22-16-8-6-15(7-9-16)18-10-11-19(27-18)28(25,26)13-21(20(23)24)12-17(21)14-4-2-1-3-5-14/h1-11,17H,12-13H2,(H,23,24)/t17-,21+/m0/s1. The summed E-state index contributed by atoms with van der Waals surface area (Å²) in [4.78, 5) is 12.8. The van der Waals surface area contributed by atoms with Gasteiger partial charge in [0.25, 0.3) is 0 Å². The van der Waals surface area contributed by atoms with Crippen molar-refractivity contribution in [3.05, 3.63) is 77.3 Å². The van der Waals surface area contributed by atoms with Crippen LogP contribution in [0.1, 0.15) is 17.9 Å². The molecule has 1 heterocycles. The van der Waals surface area contributed by atoms with Crippen molar-refractivity contribution in [1.29, 1.82) is 0 Å². The SMILES string of the molecule is O=C(O)[C@@]1(CS(=O)(=O)c2ccc(-c3ccc(Cl)cc3)s2)C[C@H]1c1ccccc1. The molecule has 1 aromatic heterocycles. The van der Waals surface area contributed by atoms with Crippen molar-refractivity contribution in [2.75, 3.05) is 5.75 Å². The molecule has 1 fully saturated rings. The Morgan fingerprint density at radius 2 is 1.75 bits per heavy atom. The van der Waals surface area contributed by atoms with Crippen molar-refractivity contribution >= 4 is 38.7 Å². The van der Waals surface area contributed by atoms with Gasteiger partial charge < -0.3 is 5.11 Å². The van der Waals surface area contributed by atoms with Crippen LogP contribution in [0.5, 0.6) is 0 Å². The van der Waals surface area contributed by atoms with Crippen LogP contribution < -0.4 is 0 Å². The van der Waals surface area contributed by atoms with Crippen LogP contribution in [-0.4, -0.2) is 25.2 Å². The van der Waals surface area contributed by atoms with E-state index in [4.69, 9.17) is 11.6 Å². The average Bonchev–Trinajstić information content (AvgIpc) is 3.17. The molecule has 0 saturated heterocycles. The van der Waals surface area contributed by atoms with E-state index in [1.165, 1.54) is 0 Å². The van der Waals surface area contributed by atoms with Gasteiger partial charge in [0.05, 0.1) is 11.2 Å². The van der Waals surface area contributed by atoms with Gasteiger partial charge in [-0.2, -0.15) is 0 Å². The molecule has 0 spiro atoms. The predicted octanol–water partition coefficient (Wildman–Crippen LogP) is 5.10. The number of halogens is 1. The van der Waals surface area contributed by atoms with Gasteiger partial charge in [-0.25, -0.2) is 8.42 Å². The number of carboxylic acids is 1. The number of hydrogen-bond donors (Lipinski definition) is 1. The molecule has 7 heteroatoms. The molecule has 144 valence electrons. The van der Waals surface area contributed by atoms with Crippen molar-refractivity contribution in [2.45, 2.75) is 16.5 Å². The maximum Gasteiger partial charge on any atom is 0.311 e. The Morgan fingerprint density at radius 3 is 2.39 bits per heavy atom. The predicted molar refractivity (Wildman–Crippen MR) is 111 cm³/mol. The maximum atomic E-state index is 13.0. The summed E-state index contributed by atoms with van der Waals surface area (Å²) in [5, 5.41) is 10.4. The Labute approximate surface area is 172 Å². The molecule has 3 aromatic rings. The summed E-state index contributed by atoms with van der Waals surface area (Å²) < 4.78 is 26.2. The fraction of sp³-hybridized carbons (Fsp3) is 0.190. The second kappa shape index (κ2) is 7.03. The molecule has 28 heavy (non-hydrogen) atoms. The topological polar surface area (TPSA) is 71.4 Å². The lowest BCUT2D eigenvalue weighted by molar-refractivity contribution is -0.142.